The van der Waals surface area contributed by atoms with Crippen molar-refractivity contribution >= 4 is 50.3 Å². The number of carbonyl (C=O) groups excluding carboxylic acids is 1. The van der Waals surface area contributed by atoms with Crippen LogP contribution in [0.5, 0.6) is 0 Å². The van der Waals surface area contributed by atoms with Gasteiger partial charge in [-0.15, -0.1) is 10.2 Å². The lowest BCUT2D eigenvalue weighted by Crippen LogP contribution is -2.16. The van der Waals surface area contributed by atoms with Gasteiger partial charge in [-0.3, -0.25) is 9.36 Å². The van der Waals surface area contributed by atoms with Crippen LogP contribution in [0.2, 0.25) is 0 Å². The van der Waals surface area contributed by atoms with Crippen LogP contribution >= 0.6 is 27.7 Å². The first kappa shape index (κ1) is 21.6. The number of hydrogen-bond acceptors (Lipinski definition) is 5. The van der Waals surface area contributed by atoms with Gasteiger partial charge >= 0.3 is 0 Å². The zero-order valence-corrected chi connectivity index (χ0v) is 20.2. The molecule has 0 bridgehead atoms. The first-order chi connectivity index (χ1) is 14.9. The Hall–Kier alpha value is -2.58. The molecule has 0 unspecified atom stereocenters. The molecule has 0 atom stereocenters. The van der Waals surface area contributed by atoms with Crippen LogP contribution < -0.4 is 5.32 Å². The molecule has 0 saturated carbocycles. The van der Waals surface area contributed by atoms with E-state index in [0.717, 1.165) is 32.3 Å². The lowest BCUT2D eigenvalue weighted by molar-refractivity contribution is -0.113. The first-order valence-electron chi connectivity index (χ1n) is 9.99. The van der Waals surface area contributed by atoms with Crippen molar-refractivity contribution in [2.45, 2.75) is 39.4 Å². The minimum Gasteiger partial charge on any atom is -0.453 e. The topological polar surface area (TPSA) is 73.0 Å². The van der Waals surface area contributed by atoms with E-state index in [4.69, 9.17) is 4.42 Å². The molecule has 4 rings (SSSR count). The minimum absolute atomic E-state index is 0.0687. The molecule has 1 amide bonds. The predicted molar refractivity (Wildman–Crippen MR) is 129 cm³/mol. The van der Waals surface area contributed by atoms with Crippen LogP contribution in [0.15, 0.2) is 50.4 Å². The van der Waals surface area contributed by atoms with Crippen molar-refractivity contribution in [2.24, 2.45) is 0 Å². The molecule has 2 heterocycles. The van der Waals surface area contributed by atoms with Gasteiger partial charge in [-0.25, -0.2) is 0 Å². The van der Waals surface area contributed by atoms with E-state index in [0.29, 0.717) is 23.3 Å². The molecular formula is C23H23BrN4O2S. The van der Waals surface area contributed by atoms with Gasteiger partial charge in [0.05, 0.1) is 5.75 Å². The summed E-state index contributed by atoms with van der Waals surface area (Å²) < 4.78 is 8.93. The summed E-state index contributed by atoms with van der Waals surface area (Å²) in [6, 6.07) is 12.0. The second kappa shape index (κ2) is 8.88. The highest BCUT2D eigenvalue weighted by atomic mass is 79.9. The van der Waals surface area contributed by atoms with Gasteiger partial charge in [0.1, 0.15) is 5.58 Å². The molecule has 31 heavy (non-hydrogen) atoms. The Balaban J connectivity index is 1.51. The molecular weight excluding hydrogens is 476 g/mol. The summed E-state index contributed by atoms with van der Waals surface area (Å²) in [6.07, 6.45) is 0. The van der Waals surface area contributed by atoms with Crippen LogP contribution in [0.3, 0.4) is 0 Å². The normalized spacial score (nSPS) is 11.3. The average molecular weight is 499 g/mol. The Morgan fingerprint density at radius 3 is 2.58 bits per heavy atom. The maximum absolute atomic E-state index is 12.6. The number of fused-ring (bicyclic) bond motifs is 1. The number of nitrogens with one attached hydrogen (secondary N) is 1. The van der Waals surface area contributed by atoms with Crippen molar-refractivity contribution < 1.29 is 9.21 Å². The third-order valence-corrected chi connectivity index (χ3v) is 6.47. The molecule has 0 radical (unpaired) electrons. The number of halogens is 1. The summed E-state index contributed by atoms with van der Waals surface area (Å²) in [5.41, 5.74) is 4.98. The fourth-order valence-corrected chi connectivity index (χ4v) is 4.85. The van der Waals surface area contributed by atoms with Crippen molar-refractivity contribution in [1.82, 2.24) is 14.8 Å². The zero-order valence-electron chi connectivity index (χ0n) is 17.8. The van der Waals surface area contributed by atoms with Crippen LogP contribution in [-0.4, -0.2) is 26.4 Å². The number of rotatable bonds is 6. The van der Waals surface area contributed by atoms with E-state index < -0.39 is 0 Å². The van der Waals surface area contributed by atoms with Gasteiger partial charge in [0.15, 0.2) is 10.9 Å². The summed E-state index contributed by atoms with van der Waals surface area (Å²) in [5, 5.41) is 13.3. The Kier molecular flexibility index (Phi) is 6.20. The molecule has 6 nitrogen and oxygen atoms in total. The summed E-state index contributed by atoms with van der Waals surface area (Å²) >= 11 is 4.85. The second-order valence-electron chi connectivity index (χ2n) is 7.45. The lowest BCUT2D eigenvalue weighted by atomic mass is 10.1. The highest BCUT2D eigenvalue weighted by Crippen LogP contribution is 2.31. The number of nitrogens with zero attached hydrogens (tertiary/aromatic N) is 3. The monoisotopic (exact) mass is 498 g/mol. The molecule has 1 N–H and O–H groups in total. The molecule has 4 aromatic rings. The summed E-state index contributed by atoms with van der Waals surface area (Å²) in [4.78, 5) is 12.6. The van der Waals surface area contributed by atoms with Crippen LogP contribution in [-0.2, 0) is 11.3 Å². The van der Waals surface area contributed by atoms with E-state index in [1.54, 1.807) is 0 Å². The lowest BCUT2D eigenvalue weighted by Gasteiger charge is -2.12. The number of amides is 1. The molecule has 0 saturated heterocycles. The van der Waals surface area contributed by atoms with Crippen molar-refractivity contribution in [3.05, 3.63) is 57.6 Å². The number of furan rings is 1. The smallest absolute Gasteiger partial charge is 0.234 e. The summed E-state index contributed by atoms with van der Waals surface area (Å²) in [6.45, 7) is 8.76. The molecule has 0 aliphatic heterocycles. The second-order valence-corrected chi connectivity index (χ2v) is 9.31. The number of benzene rings is 2. The molecule has 8 heteroatoms. The highest BCUT2D eigenvalue weighted by Gasteiger charge is 2.18. The predicted octanol–water partition coefficient (Wildman–Crippen LogP) is 6.13. The van der Waals surface area contributed by atoms with Crippen LogP contribution in [0.1, 0.15) is 23.6 Å². The molecule has 0 spiro atoms. The Morgan fingerprint density at radius 1 is 1.13 bits per heavy atom. The van der Waals surface area contributed by atoms with Crippen molar-refractivity contribution in [2.75, 3.05) is 11.1 Å². The van der Waals surface area contributed by atoms with E-state index in [9.17, 15) is 4.79 Å². The average Bonchev–Trinajstić information content (AvgIpc) is 3.31. The molecule has 2 aromatic heterocycles. The van der Waals surface area contributed by atoms with E-state index in [2.05, 4.69) is 50.5 Å². The fraction of sp³-hybridized carbons (Fsp3) is 0.261. The van der Waals surface area contributed by atoms with Crippen LogP contribution in [0, 0.1) is 20.8 Å². The number of aryl methyl sites for hydroxylation is 3. The van der Waals surface area contributed by atoms with Gasteiger partial charge < -0.3 is 9.73 Å². The third kappa shape index (κ3) is 4.55. The Labute approximate surface area is 193 Å². The maximum Gasteiger partial charge on any atom is 0.234 e. The summed E-state index contributed by atoms with van der Waals surface area (Å²) in [7, 11) is 0. The van der Waals surface area contributed by atoms with Gasteiger partial charge in [-0.2, -0.15) is 0 Å². The SMILES string of the molecule is CCn1c(SCC(=O)Nc2c(C)cc(C)cc2C)nnc1-c1cc2cc(Br)ccc2o1. The Bertz CT molecular complexity index is 1260. The first-order valence-corrected chi connectivity index (χ1v) is 11.8. The fourth-order valence-electron chi connectivity index (χ4n) is 3.67. The number of hydrogen-bond donors (Lipinski definition) is 1. The standard InChI is InChI=1S/C23H23BrN4O2S/c1-5-28-22(19-11-16-10-17(24)6-7-18(16)30-19)26-27-23(28)31-12-20(29)25-21-14(3)8-13(2)9-15(21)4/h6-11H,5,12H2,1-4H3,(H,25,29). The third-order valence-electron chi connectivity index (χ3n) is 5.01. The Morgan fingerprint density at radius 2 is 1.87 bits per heavy atom. The number of carbonyl (C=O) groups is 1. The van der Waals surface area contributed by atoms with Crippen molar-refractivity contribution in [1.29, 1.82) is 0 Å². The van der Waals surface area contributed by atoms with Crippen molar-refractivity contribution in [3.8, 4) is 11.6 Å². The highest BCUT2D eigenvalue weighted by molar-refractivity contribution is 9.10. The van der Waals surface area contributed by atoms with E-state index in [1.165, 1.54) is 17.3 Å². The van der Waals surface area contributed by atoms with Crippen molar-refractivity contribution in [3.63, 3.8) is 0 Å². The van der Waals surface area contributed by atoms with Gasteiger partial charge in [-0.05, 0) is 63.1 Å². The molecule has 0 fully saturated rings. The summed E-state index contributed by atoms with van der Waals surface area (Å²) in [5.74, 6) is 1.49. The molecule has 2 aromatic carbocycles. The quantitative estimate of drug-likeness (QED) is 0.323. The van der Waals surface area contributed by atoms with Gasteiger partial charge in [-0.1, -0.05) is 45.4 Å². The molecule has 0 aliphatic carbocycles. The van der Waals surface area contributed by atoms with E-state index in [1.807, 2.05) is 49.6 Å². The zero-order chi connectivity index (χ0) is 22.1. The van der Waals surface area contributed by atoms with Crippen LogP contribution in [0.25, 0.3) is 22.6 Å². The van der Waals surface area contributed by atoms with Gasteiger partial charge in [0.25, 0.3) is 0 Å². The molecule has 160 valence electrons. The number of aromatic nitrogens is 3. The van der Waals surface area contributed by atoms with Gasteiger partial charge in [0.2, 0.25) is 11.7 Å². The number of thioether (sulfide) groups is 1. The molecule has 0 aliphatic rings. The maximum atomic E-state index is 12.6. The van der Waals surface area contributed by atoms with E-state index >= 15 is 0 Å². The minimum atomic E-state index is -0.0687. The van der Waals surface area contributed by atoms with Crippen LogP contribution in [0.4, 0.5) is 5.69 Å². The largest absolute Gasteiger partial charge is 0.453 e. The van der Waals surface area contributed by atoms with Gasteiger partial charge in [0, 0.05) is 22.1 Å². The van der Waals surface area contributed by atoms with E-state index in [-0.39, 0.29) is 11.7 Å². The number of anilines is 1.